The van der Waals surface area contributed by atoms with E-state index in [-0.39, 0.29) is 23.6 Å². The molecule has 1 aliphatic heterocycles. The molecule has 4 rings (SSSR count). The number of hydrogen-bond donors (Lipinski definition) is 1. The largest absolute Gasteiger partial charge is 0.463 e. The van der Waals surface area contributed by atoms with Crippen molar-refractivity contribution < 1.29 is 14.3 Å². The lowest BCUT2D eigenvalue weighted by Crippen LogP contribution is -2.25. The maximum atomic E-state index is 12.6. The number of nitrogens with zero attached hydrogens (tertiary/aromatic N) is 3. The first-order chi connectivity index (χ1) is 14.5. The monoisotopic (exact) mass is 400 g/mol. The van der Waals surface area contributed by atoms with Gasteiger partial charge in [0, 0.05) is 5.69 Å². The Kier molecular flexibility index (Phi) is 4.98. The first kappa shape index (κ1) is 19.3. The quantitative estimate of drug-likeness (QED) is 0.670. The lowest BCUT2D eigenvalue weighted by atomic mass is 9.83. The van der Waals surface area contributed by atoms with E-state index in [0.717, 1.165) is 22.3 Å². The molecule has 7 nitrogen and oxygen atoms in total. The summed E-state index contributed by atoms with van der Waals surface area (Å²) in [6, 6.07) is 17.5. The van der Waals surface area contributed by atoms with Gasteiger partial charge in [-0.1, -0.05) is 24.3 Å². The van der Waals surface area contributed by atoms with Gasteiger partial charge in [-0.25, -0.2) is 9.78 Å². The van der Waals surface area contributed by atoms with Crippen LogP contribution in [0.2, 0.25) is 0 Å². The number of carbonyl (C=O) groups is 1. The zero-order chi connectivity index (χ0) is 21.3. The van der Waals surface area contributed by atoms with Crippen LogP contribution in [0.25, 0.3) is 16.7 Å². The predicted octanol–water partition coefficient (Wildman–Crippen LogP) is 3.67. The Morgan fingerprint density at radius 3 is 2.70 bits per heavy atom. The molecule has 30 heavy (non-hydrogen) atoms. The fraction of sp³-hybridized carbons (Fsp3) is 0.174. The first-order valence-electron chi connectivity index (χ1n) is 9.53. The Morgan fingerprint density at radius 1 is 1.27 bits per heavy atom. The van der Waals surface area contributed by atoms with Crippen LogP contribution in [0, 0.1) is 11.3 Å². The van der Waals surface area contributed by atoms with E-state index >= 15 is 0 Å². The van der Waals surface area contributed by atoms with Crippen molar-refractivity contribution in [2.24, 2.45) is 5.73 Å². The molecule has 7 heteroatoms. The molecule has 0 radical (unpaired) electrons. The Balaban J connectivity index is 1.78. The third-order valence-corrected chi connectivity index (χ3v) is 5.06. The third kappa shape index (κ3) is 3.18. The van der Waals surface area contributed by atoms with E-state index in [1.165, 1.54) is 0 Å². The number of carbonyl (C=O) groups excluding carboxylic acids is 1. The number of allylic oxidation sites excluding steroid dienone is 2. The van der Waals surface area contributed by atoms with Crippen molar-refractivity contribution in [2.45, 2.75) is 19.8 Å². The van der Waals surface area contributed by atoms with E-state index in [4.69, 9.17) is 15.2 Å². The fourth-order valence-electron chi connectivity index (χ4n) is 3.68. The second-order valence-electron chi connectivity index (χ2n) is 6.81. The Bertz CT molecular complexity index is 1230. The Morgan fingerprint density at radius 2 is 2.00 bits per heavy atom. The van der Waals surface area contributed by atoms with Crippen molar-refractivity contribution in [3.05, 3.63) is 83.2 Å². The van der Waals surface area contributed by atoms with Crippen LogP contribution in [0.3, 0.4) is 0 Å². The summed E-state index contributed by atoms with van der Waals surface area (Å²) in [4.78, 5) is 17.0. The van der Waals surface area contributed by atoms with Crippen molar-refractivity contribution in [3.8, 4) is 11.8 Å². The summed E-state index contributed by atoms with van der Waals surface area (Å²) in [6.07, 6.45) is 1.76. The molecule has 1 unspecified atom stereocenters. The van der Waals surface area contributed by atoms with Crippen LogP contribution in [-0.2, 0) is 14.3 Å². The maximum absolute atomic E-state index is 12.6. The SMILES string of the molecule is CCOC(=O)C1=C(C)OC(N)=C(C#N)C1c1ccc(-n2cnc3ccccc32)cc1. The highest BCUT2D eigenvalue weighted by Crippen LogP contribution is 2.39. The Hall–Kier alpha value is -4.05. The molecule has 0 saturated carbocycles. The van der Waals surface area contributed by atoms with E-state index in [1.807, 2.05) is 53.1 Å². The highest BCUT2D eigenvalue weighted by atomic mass is 16.5. The molecule has 0 aliphatic carbocycles. The number of hydrogen-bond acceptors (Lipinski definition) is 6. The molecular formula is C23H20N4O3. The summed E-state index contributed by atoms with van der Waals surface area (Å²) in [5.41, 5.74) is 9.96. The van der Waals surface area contributed by atoms with Gasteiger partial charge in [0.1, 0.15) is 23.7 Å². The van der Waals surface area contributed by atoms with Gasteiger partial charge in [0.15, 0.2) is 0 Å². The van der Waals surface area contributed by atoms with Crippen LogP contribution in [0.15, 0.2) is 77.6 Å². The number of fused-ring (bicyclic) bond motifs is 1. The first-order valence-corrected chi connectivity index (χ1v) is 9.53. The number of aromatic nitrogens is 2. The fourth-order valence-corrected chi connectivity index (χ4v) is 3.68. The molecule has 1 aliphatic rings. The standard InChI is InChI=1S/C23H20N4O3/c1-3-29-23(28)20-14(2)30-22(25)17(12-24)21(20)15-8-10-16(11-9-15)27-13-26-18-6-4-5-7-19(18)27/h4-11,13,21H,3,25H2,1-2H3. The second kappa shape index (κ2) is 7.76. The average molecular weight is 400 g/mol. The van der Waals surface area contributed by atoms with E-state index in [9.17, 15) is 10.1 Å². The molecular weight excluding hydrogens is 380 g/mol. The molecule has 3 aromatic rings. The number of nitrogens with two attached hydrogens (primary N) is 1. The molecule has 2 aromatic carbocycles. The van der Waals surface area contributed by atoms with Gasteiger partial charge in [-0.15, -0.1) is 0 Å². The van der Waals surface area contributed by atoms with Crippen LogP contribution in [0.4, 0.5) is 0 Å². The lowest BCUT2D eigenvalue weighted by molar-refractivity contribution is -0.139. The predicted molar refractivity (Wildman–Crippen MR) is 111 cm³/mol. The van der Waals surface area contributed by atoms with Gasteiger partial charge in [-0.3, -0.25) is 4.57 Å². The zero-order valence-corrected chi connectivity index (χ0v) is 16.6. The Labute approximate surface area is 173 Å². The third-order valence-electron chi connectivity index (χ3n) is 5.06. The normalized spacial score (nSPS) is 16.4. The minimum atomic E-state index is -0.656. The molecule has 0 bridgehead atoms. The van der Waals surface area contributed by atoms with Gasteiger partial charge in [0.2, 0.25) is 5.88 Å². The minimum Gasteiger partial charge on any atom is -0.463 e. The van der Waals surface area contributed by atoms with Gasteiger partial charge < -0.3 is 15.2 Å². The number of ether oxygens (including phenoxy) is 2. The second-order valence-corrected chi connectivity index (χ2v) is 6.81. The van der Waals surface area contributed by atoms with E-state index in [1.54, 1.807) is 20.2 Å². The molecule has 2 N–H and O–H groups in total. The summed E-state index contributed by atoms with van der Waals surface area (Å²) in [7, 11) is 0. The maximum Gasteiger partial charge on any atom is 0.338 e. The topological polar surface area (TPSA) is 103 Å². The molecule has 0 amide bonds. The smallest absolute Gasteiger partial charge is 0.338 e. The number of nitriles is 1. The molecule has 2 heterocycles. The number of imidazole rings is 1. The van der Waals surface area contributed by atoms with E-state index in [0.29, 0.717) is 5.76 Å². The number of benzene rings is 2. The molecule has 0 saturated heterocycles. The van der Waals surface area contributed by atoms with Crippen molar-refractivity contribution in [1.82, 2.24) is 9.55 Å². The molecule has 0 fully saturated rings. The van der Waals surface area contributed by atoms with Crippen molar-refractivity contribution in [2.75, 3.05) is 6.61 Å². The van der Waals surface area contributed by atoms with Gasteiger partial charge >= 0.3 is 5.97 Å². The summed E-state index contributed by atoms with van der Waals surface area (Å²) in [6.45, 7) is 3.59. The van der Waals surface area contributed by atoms with Gasteiger partial charge in [-0.2, -0.15) is 5.26 Å². The van der Waals surface area contributed by atoms with Crippen molar-refractivity contribution in [3.63, 3.8) is 0 Å². The number of rotatable bonds is 4. The average Bonchev–Trinajstić information content (AvgIpc) is 3.17. The highest BCUT2D eigenvalue weighted by Gasteiger charge is 2.36. The summed E-state index contributed by atoms with van der Waals surface area (Å²) < 4.78 is 12.6. The molecule has 150 valence electrons. The van der Waals surface area contributed by atoms with Crippen LogP contribution in [0.5, 0.6) is 0 Å². The van der Waals surface area contributed by atoms with E-state index in [2.05, 4.69) is 11.1 Å². The minimum absolute atomic E-state index is 0.00210. The van der Waals surface area contributed by atoms with Gasteiger partial charge in [0.05, 0.1) is 29.1 Å². The molecule has 1 atom stereocenters. The van der Waals surface area contributed by atoms with Crippen molar-refractivity contribution in [1.29, 1.82) is 5.26 Å². The van der Waals surface area contributed by atoms with Gasteiger partial charge in [-0.05, 0) is 43.7 Å². The summed E-state index contributed by atoms with van der Waals surface area (Å²) in [5, 5.41) is 9.68. The van der Waals surface area contributed by atoms with Crippen LogP contribution >= 0.6 is 0 Å². The lowest BCUT2D eigenvalue weighted by Gasteiger charge is -2.27. The van der Waals surface area contributed by atoms with Crippen LogP contribution < -0.4 is 5.73 Å². The summed E-state index contributed by atoms with van der Waals surface area (Å²) in [5.74, 6) is -0.848. The summed E-state index contributed by atoms with van der Waals surface area (Å²) >= 11 is 0. The van der Waals surface area contributed by atoms with Crippen molar-refractivity contribution >= 4 is 17.0 Å². The van der Waals surface area contributed by atoms with E-state index < -0.39 is 11.9 Å². The number of para-hydroxylation sites is 2. The number of esters is 1. The zero-order valence-electron chi connectivity index (χ0n) is 16.6. The molecule has 1 aromatic heterocycles. The molecule has 0 spiro atoms. The van der Waals surface area contributed by atoms with Gasteiger partial charge in [0.25, 0.3) is 0 Å². The van der Waals surface area contributed by atoms with Crippen LogP contribution in [0.1, 0.15) is 25.3 Å². The highest BCUT2D eigenvalue weighted by molar-refractivity contribution is 5.92. The van der Waals surface area contributed by atoms with Crippen LogP contribution in [-0.4, -0.2) is 22.1 Å².